The van der Waals surface area contributed by atoms with Gasteiger partial charge in [0.15, 0.2) is 0 Å². The van der Waals surface area contributed by atoms with E-state index in [-0.39, 0.29) is 11.2 Å². The van der Waals surface area contributed by atoms with Crippen LogP contribution < -0.4 is 10.5 Å². The number of halogens is 4. The summed E-state index contributed by atoms with van der Waals surface area (Å²) >= 11 is 0. The van der Waals surface area contributed by atoms with E-state index >= 15 is 0 Å². The van der Waals surface area contributed by atoms with Gasteiger partial charge in [-0.3, -0.25) is 9.36 Å². The number of hydrogen-bond donors (Lipinski definition) is 0. The van der Waals surface area contributed by atoms with Gasteiger partial charge in [0.05, 0.1) is 22.5 Å². The van der Waals surface area contributed by atoms with E-state index in [9.17, 15) is 22.4 Å². The average molecular weight is 518 g/mol. The molecule has 1 aromatic heterocycles. The van der Waals surface area contributed by atoms with E-state index in [1.807, 2.05) is 60.7 Å². The topological polar surface area (TPSA) is 38.1 Å². The molecular formula is C30H23F4N3O. The lowest BCUT2D eigenvalue weighted by atomic mass is 9.98. The van der Waals surface area contributed by atoms with Gasteiger partial charge in [-0.25, -0.2) is 9.37 Å². The van der Waals surface area contributed by atoms with Crippen LogP contribution in [0.2, 0.25) is 0 Å². The summed E-state index contributed by atoms with van der Waals surface area (Å²) < 4.78 is 55.3. The summed E-state index contributed by atoms with van der Waals surface area (Å²) in [5.41, 5.74) is 1.24. The molecule has 38 heavy (non-hydrogen) atoms. The summed E-state index contributed by atoms with van der Waals surface area (Å²) in [7, 11) is 1.56. The second-order valence-corrected chi connectivity index (χ2v) is 8.98. The molecule has 0 atom stereocenters. The van der Waals surface area contributed by atoms with Gasteiger partial charge >= 0.3 is 6.18 Å². The van der Waals surface area contributed by atoms with Crippen molar-refractivity contribution in [3.05, 3.63) is 136 Å². The van der Waals surface area contributed by atoms with Crippen molar-refractivity contribution in [2.24, 2.45) is 0 Å². The van der Waals surface area contributed by atoms with Gasteiger partial charge in [-0.15, -0.1) is 0 Å². The molecular weight excluding hydrogens is 494 g/mol. The molecule has 0 aliphatic carbocycles. The van der Waals surface area contributed by atoms with Crippen LogP contribution in [0.5, 0.6) is 0 Å². The van der Waals surface area contributed by atoms with E-state index in [2.05, 4.69) is 4.98 Å². The molecule has 8 heteroatoms. The zero-order valence-corrected chi connectivity index (χ0v) is 20.6. The van der Waals surface area contributed by atoms with Gasteiger partial charge < -0.3 is 4.90 Å². The smallest absolute Gasteiger partial charge is 0.345 e. The highest BCUT2D eigenvalue weighted by molar-refractivity contribution is 5.83. The lowest BCUT2D eigenvalue weighted by molar-refractivity contribution is -0.139. The molecule has 5 aromatic rings. The monoisotopic (exact) mass is 517 g/mol. The molecule has 0 aliphatic rings. The Bertz CT molecular complexity index is 1630. The van der Waals surface area contributed by atoms with Crippen LogP contribution in [-0.4, -0.2) is 16.6 Å². The van der Waals surface area contributed by atoms with Crippen molar-refractivity contribution in [1.29, 1.82) is 0 Å². The molecule has 0 unspecified atom stereocenters. The van der Waals surface area contributed by atoms with E-state index < -0.39 is 23.6 Å². The minimum absolute atomic E-state index is 0.130. The molecule has 0 radical (unpaired) electrons. The van der Waals surface area contributed by atoms with Gasteiger partial charge in [-0.05, 0) is 54.4 Å². The van der Waals surface area contributed by atoms with E-state index in [1.54, 1.807) is 36.7 Å². The number of alkyl halides is 3. The van der Waals surface area contributed by atoms with Crippen LogP contribution >= 0.6 is 0 Å². The quantitative estimate of drug-likeness (QED) is 0.230. The lowest BCUT2D eigenvalue weighted by Gasteiger charge is -2.24. The number of aryl methyl sites for hydroxylation is 1. The number of fused-ring (bicyclic) bond motifs is 1. The van der Waals surface area contributed by atoms with Crippen molar-refractivity contribution in [2.45, 2.75) is 19.1 Å². The van der Waals surface area contributed by atoms with Gasteiger partial charge in [-0.1, -0.05) is 60.7 Å². The Labute approximate surface area is 216 Å². The molecule has 0 bridgehead atoms. The van der Waals surface area contributed by atoms with Gasteiger partial charge in [0.2, 0.25) is 0 Å². The van der Waals surface area contributed by atoms with Crippen LogP contribution in [0.4, 0.5) is 28.9 Å². The van der Waals surface area contributed by atoms with E-state index in [0.29, 0.717) is 22.4 Å². The minimum atomic E-state index is -4.83. The normalized spacial score (nSPS) is 11.8. The van der Waals surface area contributed by atoms with Crippen molar-refractivity contribution < 1.29 is 17.6 Å². The van der Waals surface area contributed by atoms with Crippen LogP contribution in [0.15, 0.2) is 102 Å². The molecule has 192 valence electrons. The highest BCUT2D eigenvalue weighted by Gasteiger charge is 2.34. The second-order valence-electron chi connectivity index (χ2n) is 8.98. The predicted octanol–water partition coefficient (Wildman–Crippen LogP) is 7.27. The molecule has 1 heterocycles. The Hall–Kier alpha value is -4.46. The van der Waals surface area contributed by atoms with Crippen molar-refractivity contribution in [3.8, 4) is 0 Å². The van der Waals surface area contributed by atoms with Crippen molar-refractivity contribution in [2.75, 3.05) is 11.9 Å². The van der Waals surface area contributed by atoms with E-state index in [1.165, 1.54) is 11.0 Å². The van der Waals surface area contributed by atoms with Gasteiger partial charge in [0.25, 0.3) is 5.56 Å². The van der Waals surface area contributed by atoms with Gasteiger partial charge in [0, 0.05) is 18.4 Å². The minimum Gasteiger partial charge on any atom is -0.345 e. The molecule has 0 saturated heterocycles. The maximum Gasteiger partial charge on any atom is 0.419 e. The third-order valence-corrected chi connectivity index (χ3v) is 6.58. The zero-order chi connectivity index (χ0) is 27.0. The Morgan fingerprint density at radius 1 is 0.816 bits per heavy atom. The van der Waals surface area contributed by atoms with Crippen molar-refractivity contribution >= 4 is 22.3 Å². The SMILES string of the molecule is Cc1nc2ccc(N(C)c3ccc(F)c(C(F)(F)F)c3)cc2c(=O)n1C(c1ccccc1)c1ccccc1. The maximum atomic E-state index is 14.0. The third kappa shape index (κ3) is 4.65. The average Bonchev–Trinajstić information content (AvgIpc) is 2.91. The fourth-order valence-corrected chi connectivity index (χ4v) is 4.66. The molecule has 0 saturated carbocycles. The van der Waals surface area contributed by atoms with E-state index in [4.69, 9.17) is 0 Å². The van der Waals surface area contributed by atoms with Crippen LogP contribution in [-0.2, 0) is 6.18 Å². The summed E-state index contributed by atoms with van der Waals surface area (Å²) in [6.45, 7) is 1.77. The summed E-state index contributed by atoms with van der Waals surface area (Å²) in [6, 6.07) is 26.5. The van der Waals surface area contributed by atoms with Gasteiger partial charge in [-0.2, -0.15) is 13.2 Å². The fraction of sp³-hybridized carbons (Fsp3) is 0.133. The Morgan fingerprint density at radius 2 is 1.37 bits per heavy atom. The lowest BCUT2D eigenvalue weighted by Crippen LogP contribution is -2.29. The summed E-state index contributed by atoms with van der Waals surface area (Å²) in [5.74, 6) is -0.821. The number of nitrogens with zero attached hydrogens (tertiary/aromatic N) is 3. The van der Waals surface area contributed by atoms with Crippen LogP contribution in [0.1, 0.15) is 28.6 Å². The molecule has 0 aliphatic heterocycles. The molecule has 0 amide bonds. The summed E-state index contributed by atoms with van der Waals surface area (Å²) in [5, 5.41) is 0.315. The predicted molar refractivity (Wildman–Crippen MR) is 140 cm³/mol. The number of hydrogen-bond acceptors (Lipinski definition) is 3. The largest absolute Gasteiger partial charge is 0.419 e. The third-order valence-electron chi connectivity index (χ3n) is 6.58. The summed E-state index contributed by atoms with van der Waals surface area (Å²) in [4.78, 5) is 20.1. The first-order valence-corrected chi connectivity index (χ1v) is 11.9. The highest BCUT2D eigenvalue weighted by Crippen LogP contribution is 2.35. The van der Waals surface area contributed by atoms with Gasteiger partial charge in [0.1, 0.15) is 11.6 Å². The van der Waals surface area contributed by atoms with Crippen molar-refractivity contribution in [1.82, 2.24) is 9.55 Å². The van der Waals surface area contributed by atoms with E-state index in [0.717, 1.165) is 23.3 Å². The van der Waals surface area contributed by atoms with Crippen LogP contribution in [0.3, 0.4) is 0 Å². The second kappa shape index (κ2) is 9.78. The Morgan fingerprint density at radius 3 is 1.95 bits per heavy atom. The number of rotatable bonds is 5. The first kappa shape index (κ1) is 25.2. The number of anilines is 2. The molecule has 0 spiro atoms. The molecule has 4 aromatic carbocycles. The Kier molecular flexibility index (Phi) is 6.48. The number of aromatic nitrogens is 2. The first-order chi connectivity index (χ1) is 18.1. The zero-order valence-electron chi connectivity index (χ0n) is 20.6. The maximum absolute atomic E-state index is 14.0. The van der Waals surface area contributed by atoms with Crippen LogP contribution in [0, 0.1) is 12.7 Å². The molecule has 4 nitrogen and oxygen atoms in total. The molecule has 0 N–H and O–H groups in total. The standard InChI is InChI=1S/C30H23F4N3O/c1-19-35-27-16-14-22(36(2)23-13-15-26(31)25(18-23)30(32,33)34)17-24(27)29(38)37(19)28(20-9-5-3-6-10-20)21-11-7-4-8-12-21/h3-18,28H,1-2H3. The fourth-order valence-electron chi connectivity index (χ4n) is 4.66. The summed E-state index contributed by atoms with van der Waals surface area (Å²) in [6.07, 6.45) is -4.83. The Balaban J connectivity index is 1.66. The number of benzene rings is 4. The highest BCUT2D eigenvalue weighted by atomic mass is 19.4. The van der Waals surface area contributed by atoms with Crippen LogP contribution in [0.25, 0.3) is 10.9 Å². The molecule has 5 rings (SSSR count). The molecule has 0 fully saturated rings. The van der Waals surface area contributed by atoms with Crippen molar-refractivity contribution in [3.63, 3.8) is 0 Å². The first-order valence-electron chi connectivity index (χ1n) is 11.9.